The van der Waals surface area contributed by atoms with Gasteiger partial charge in [-0.1, -0.05) is 18.9 Å². The van der Waals surface area contributed by atoms with E-state index in [0.717, 1.165) is 30.5 Å². The van der Waals surface area contributed by atoms with Crippen molar-refractivity contribution in [1.82, 2.24) is 10.2 Å². The minimum Gasteiger partial charge on any atom is -0.352 e. The fourth-order valence-corrected chi connectivity index (χ4v) is 3.24. The zero-order chi connectivity index (χ0) is 14.8. The summed E-state index contributed by atoms with van der Waals surface area (Å²) >= 11 is 0. The van der Waals surface area contributed by atoms with Crippen LogP contribution < -0.4 is 10.6 Å². The van der Waals surface area contributed by atoms with E-state index in [1.54, 1.807) is 11.0 Å². The van der Waals surface area contributed by atoms with E-state index in [-0.39, 0.29) is 11.9 Å². The summed E-state index contributed by atoms with van der Waals surface area (Å²) in [5, 5.41) is 5.80. The molecular formula is C16H21N3O2. The molecule has 1 aliphatic heterocycles. The van der Waals surface area contributed by atoms with Gasteiger partial charge >= 0.3 is 6.03 Å². The van der Waals surface area contributed by atoms with Crippen LogP contribution >= 0.6 is 0 Å². The predicted molar refractivity (Wildman–Crippen MR) is 81.5 cm³/mol. The topological polar surface area (TPSA) is 61.4 Å². The van der Waals surface area contributed by atoms with E-state index in [9.17, 15) is 9.59 Å². The second kappa shape index (κ2) is 5.76. The van der Waals surface area contributed by atoms with Gasteiger partial charge in [-0.3, -0.25) is 4.79 Å². The fraction of sp³-hybridized carbons (Fsp3) is 0.500. The van der Waals surface area contributed by atoms with Crippen molar-refractivity contribution < 1.29 is 9.59 Å². The van der Waals surface area contributed by atoms with Crippen LogP contribution in [0.1, 0.15) is 41.6 Å². The molecule has 5 heteroatoms. The molecule has 3 amide bonds. The Morgan fingerprint density at radius 2 is 2.10 bits per heavy atom. The molecule has 1 heterocycles. The molecule has 1 aliphatic carbocycles. The maximum absolute atomic E-state index is 12.4. The smallest absolute Gasteiger partial charge is 0.321 e. The monoisotopic (exact) mass is 287 g/mol. The van der Waals surface area contributed by atoms with Gasteiger partial charge in [-0.2, -0.15) is 0 Å². The van der Waals surface area contributed by atoms with Crippen molar-refractivity contribution >= 4 is 17.6 Å². The molecule has 112 valence electrons. The zero-order valence-electron chi connectivity index (χ0n) is 12.3. The Labute approximate surface area is 124 Å². The summed E-state index contributed by atoms with van der Waals surface area (Å²) in [5.41, 5.74) is 2.37. The predicted octanol–water partition coefficient (Wildman–Crippen LogP) is 2.38. The van der Waals surface area contributed by atoms with Gasteiger partial charge < -0.3 is 15.5 Å². The SMILES string of the molecule is CN(C(=O)Nc1cccc2c1CCNC2=O)C1CCCC1. The third kappa shape index (κ3) is 2.73. The Morgan fingerprint density at radius 1 is 1.33 bits per heavy atom. The average Bonchev–Trinajstić information content (AvgIpc) is 3.02. The summed E-state index contributed by atoms with van der Waals surface area (Å²) in [7, 11) is 1.85. The van der Waals surface area contributed by atoms with Crippen LogP contribution in [0.3, 0.4) is 0 Å². The number of rotatable bonds is 2. The molecule has 3 rings (SSSR count). The molecule has 2 N–H and O–H groups in total. The Bertz CT molecular complexity index is 565. The first-order valence-corrected chi connectivity index (χ1v) is 7.60. The number of fused-ring (bicyclic) bond motifs is 1. The molecule has 21 heavy (non-hydrogen) atoms. The van der Waals surface area contributed by atoms with E-state index in [1.165, 1.54) is 12.8 Å². The molecule has 1 saturated carbocycles. The second-order valence-electron chi connectivity index (χ2n) is 5.82. The van der Waals surface area contributed by atoms with Crippen LogP contribution in [0.5, 0.6) is 0 Å². The summed E-state index contributed by atoms with van der Waals surface area (Å²) < 4.78 is 0. The van der Waals surface area contributed by atoms with Gasteiger partial charge in [-0.15, -0.1) is 0 Å². The molecule has 0 saturated heterocycles. The number of carbonyl (C=O) groups excluding carboxylic acids is 2. The Kier molecular flexibility index (Phi) is 3.82. The molecule has 5 nitrogen and oxygen atoms in total. The number of hydrogen-bond acceptors (Lipinski definition) is 2. The van der Waals surface area contributed by atoms with Gasteiger partial charge in [-0.25, -0.2) is 4.79 Å². The lowest BCUT2D eigenvalue weighted by Gasteiger charge is -2.26. The molecule has 1 aromatic carbocycles. The van der Waals surface area contributed by atoms with Crippen LogP contribution in [0.4, 0.5) is 10.5 Å². The van der Waals surface area contributed by atoms with Gasteiger partial charge in [0.1, 0.15) is 0 Å². The maximum Gasteiger partial charge on any atom is 0.321 e. The van der Waals surface area contributed by atoms with Crippen LogP contribution in [0, 0.1) is 0 Å². The molecular weight excluding hydrogens is 266 g/mol. The lowest BCUT2D eigenvalue weighted by atomic mass is 9.98. The van der Waals surface area contributed by atoms with Gasteiger partial charge in [0.25, 0.3) is 5.91 Å². The van der Waals surface area contributed by atoms with E-state index in [1.807, 2.05) is 19.2 Å². The van der Waals surface area contributed by atoms with Gasteiger partial charge in [0, 0.05) is 30.9 Å². The van der Waals surface area contributed by atoms with Crippen LogP contribution in [0.2, 0.25) is 0 Å². The van der Waals surface area contributed by atoms with Gasteiger partial charge in [0.2, 0.25) is 0 Å². The first-order valence-electron chi connectivity index (χ1n) is 7.60. The molecule has 2 aliphatic rings. The number of anilines is 1. The fourth-order valence-electron chi connectivity index (χ4n) is 3.24. The standard InChI is InChI=1S/C16H21N3O2/c1-19(11-5-2-3-6-11)16(21)18-14-8-4-7-13-12(14)9-10-17-15(13)20/h4,7-8,11H,2-3,5-6,9-10H2,1H3,(H,17,20)(H,18,21). The number of amides is 3. The maximum atomic E-state index is 12.4. The second-order valence-corrected chi connectivity index (χ2v) is 5.82. The number of nitrogens with one attached hydrogen (secondary N) is 2. The van der Waals surface area contributed by atoms with E-state index >= 15 is 0 Å². The van der Waals surface area contributed by atoms with Crippen molar-refractivity contribution in [1.29, 1.82) is 0 Å². The van der Waals surface area contributed by atoms with E-state index in [2.05, 4.69) is 10.6 Å². The van der Waals surface area contributed by atoms with Crippen molar-refractivity contribution in [3.05, 3.63) is 29.3 Å². The third-order valence-corrected chi connectivity index (χ3v) is 4.52. The summed E-state index contributed by atoms with van der Waals surface area (Å²) in [6, 6.07) is 5.75. The molecule has 0 unspecified atom stereocenters. The highest BCUT2D eigenvalue weighted by molar-refractivity contribution is 6.00. The Balaban J connectivity index is 1.77. The molecule has 0 aromatic heterocycles. The van der Waals surface area contributed by atoms with Gasteiger partial charge in [-0.05, 0) is 37.0 Å². The quantitative estimate of drug-likeness (QED) is 0.877. The van der Waals surface area contributed by atoms with Crippen molar-refractivity contribution in [3.63, 3.8) is 0 Å². The van der Waals surface area contributed by atoms with Gasteiger partial charge in [0.05, 0.1) is 0 Å². The first-order chi connectivity index (χ1) is 10.2. The summed E-state index contributed by atoms with van der Waals surface area (Å²) in [6.07, 6.45) is 5.31. The van der Waals surface area contributed by atoms with Crippen LogP contribution in [-0.4, -0.2) is 36.5 Å². The highest BCUT2D eigenvalue weighted by atomic mass is 16.2. The van der Waals surface area contributed by atoms with E-state index < -0.39 is 0 Å². The first kappa shape index (κ1) is 13.9. The van der Waals surface area contributed by atoms with Crippen LogP contribution in [0.15, 0.2) is 18.2 Å². The summed E-state index contributed by atoms with van der Waals surface area (Å²) in [6.45, 7) is 0.622. The summed E-state index contributed by atoms with van der Waals surface area (Å²) in [4.78, 5) is 26.0. The molecule has 0 bridgehead atoms. The molecule has 0 radical (unpaired) electrons. The van der Waals surface area contributed by atoms with Crippen LogP contribution in [-0.2, 0) is 6.42 Å². The average molecular weight is 287 g/mol. The zero-order valence-corrected chi connectivity index (χ0v) is 12.3. The molecule has 1 aromatic rings. The number of carbonyl (C=O) groups is 2. The number of benzene rings is 1. The van der Waals surface area contributed by atoms with E-state index in [4.69, 9.17) is 0 Å². The molecule has 0 atom stereocenters. The minimum atomic E-state index is -0.0821. The minimum absolute atomic E-state index is 0.0588. The van der Waals surface area contributed by atoms with Crippen molar-refractivity contribution in [2.24, 2.45) is 0 Å². The molecule has 0 spiro atoms. The van der Waals surface area contributed by atoms with Crippen molar-refractivity contribution in [2.45, 2.75) is 38.1 Å². The molecule has 1 fully saturated rings. The number of urea groups is 1. The summed E-state index contributed by atoms with van der Waals surface area (Å²) in [5.74, 6) is -0.0588. The highest BCUT2D eigenvalue weighted by Gasteiger charge is 2.25. The lowest BCUT2D eigenvalue weighted by molar-refractivity contribution is 0.0946. The Morgan fingerprint density at radius 3 is 2.86 bits per heavy atom. The number of hydrogen-bond donors (Lipinski definition) is 2. The Hall–Kier alpha value is -2.04. The van der Waals surface area contributed by atoms with Gasteiger partial charge in [0.15, 0.2) is 0 Å². The van der Waals surface area contributed by atoms with Crippen molar-refractivity contribution in [3.8, 4) is 0 Å². The highest BCUT2D eigenvalue weighted by Crippen LogP contribution is 2.25. The largest absolute Gasteiger partial charge is 0.352 e. The normalized spacial score (nSPS) is 18.0. The number of nitrogens with zero attached hydrogens (tertiary/aromatic N) is 1. The van der Waals surface area contributed by atoms with E-state index in [0.29, 0.717) is 18.2 Å². The van der Waals surface area contributed by atoms with Crippen molar-refractivity contribution in [2.75, 3.05) is 18.9 Å². The third-order valence-electron chi connectivity index (χ3n) is 4.52. The lowest BCUT2D eigenvalue weighted by Crippen LogP contribution is -2.39. The van der Waals surface area contributed by atoms with Crippen LogP contribution in [0.25, 0.3) is 0 Å².